The highest BCUT2D eigenvalue weighted by molar-refractivity contribution is 5.85. The van der Waals surface area contributed by atoms with Gasteiger partial charge in [0.25, 0.3) is 5.91 Å². The molecule has 5 heteroatoms. The van der Waals surface area contributed by atoms with Crippen LogP contribution in [-0.2, 0) is 14.3 Å². The van der Waals surface area contributed by atoms with Crippen molar-refractivity contribution in [1.82, 2.24) is 5.32 Å². The lowest BCUT2D eigenvalue weighted by Crippen LogP contribution is -2.59. The second-order valence-electron chi connectivity index (χ2n) is 8.18. The summed E-state index contributed by atoms with van der Waals surface area (Å²) in [6, 6.07) is 0.0221. The fourth-order valence-electron chi connectivity index (χ4n) is 5.19. The molecule has 0 spiro atoms. The van der Waals surface area contributed by atoms with Crippen LogP contribution < -0.4 is 5.32 Å². The van der Waals surface area contributed by atoms with Crippen molar-refractivity contribution < 1.29 is 19.4 Å². The molecule has 124 valence electrons. The van der Waals surface area contributed by atoms with E-state index in [9.17, 15) is 14.7 Å². The molecular weight excluding hydrogens is 282 g/mol. The summed E-state index contributed by atoms with van der Waals surface area (Å²) in [5.41, 5.74) is -1.25. The first kappa shape index (κ1) is 15.8. The Kier molecular flexibility index (Phi) is 3.75. The quantitative estimate of drug-likeness (QED) is 0.776. The fourth-order valence-corrected chi connectivity index (χ4v) is 5.19. The van der Waals surface area contributed by atoms with Crippen LogP contribution in [0.1, 0.15) is 59.3 Å². The van der Waals surface area contributed by atoms with Gasteiger partial charge in [-0.15, -0.1) is 0 Å². The van der Waals surface area contributed by atoms with Crippen LogP contribution in [0.15, 0.2) is 0 Å². The van der Waals surface area contributed by atoms with Crippen LogP contribution in [0, 0.1) is 17.3 Å². The Labute approximate surface area is 131 Å². The maximum absolute atomic E-state index is 12.7. The van der Waals surface area contributed by atoms with Crippen LogP contribution >= 0.6 is 0 Å². The largest absolute Gasteiger partial charge is 0.452 e. The van der Waals surface area contributed by atoms with E-state index < -0.39 is 17.1 Å². The van der Waals surface area contributed by atoms with Gasteiger partial charge in [0.15, 0.2) is 6.10 Å². The smallest absolute Gasteiger partial charge is 0.312 e. The SMILES string of the molecule is CC(C)NC(=O)[C@H](C)OC(=O)C12C[C@H]3C[C@@H](CC(O)(C3)C1)C2. The first-order chi connectivity index (χ1) is 10.2. The minimum atomic E-state index is -0.780. The molecule has 4 fully saturated rings. The second-order valence-corrected chi connectivity index (χ2v) is 8.18. The lowest BCUT2D eigenvalue weighted by atomic mass is 9.48. The predicted molar refractivity (Wildman–Crippen MR) is 80.9 cm³/mol. The molecule has 4 aliphatic rings. The Hall–Kier alpha value is -1.10. The van der Waals surface area contributed by atoms with Gasteiger partial charge in [-0.25, -0.2) is 0 Å². The van der Waals surface area contributed by atoms with Gasteiger partial charge >= 0.3 is 5.97 Å². The van der Waals surface area contributed by atoms with Gasteiger partial charge in [0.05, 0.1) is 11.0 Å². The monoisotopic (exact) mass is 309 g/mol. The van der Waals surface area contributed by atoms with E-state index in [4.69, 9.17) is 4.74 Å². The molecule has 0 aromatic rings. The van der Waals surface area contributed by atoms with Crippen LogP contribution in [0.25, 0.3) is 0 Å². The van der Waals surface area contributed by atoms with Crippen LogP contribution in [0.4, 0.5) is 0 Å². The van der Waals surface area contributed by atoms with E-state index in [1.54, 1.807) is 6.92 Å². The van der Waals surface area contributed by atoms with Crippen molar-refractivity contribution in [2.45, 2.75) is 77.0 Å². The van der Waals surface area contributed by atoms with E-state index in [2.05, 4.69) is 5.32 Å². The molecule has 0 unspecified atom stereocenters. The van der Waals surface area contributed by atoms with Crippen molar-refractivity contribution in [3.05, 3.63) is 0 Å². The van der Waals surface area contributed by atoms with Gasteiger partial charge in [0.2, 0.25) is 0 Å². The first-order valence-electron chi connectivity index (χ1n) is 8.45. The molecular formula is C17H27NO4. The van der Waals surface area contributed by atoms with Gasteiger partial charge in [-0.2, -0.15) is 0 Å². The van der Waals surface area contributed by atoms with Crippen molar-refractivity contribution in [1.29, 1.82) is 0 Å². The van der Waals surface area contributed by atoms with Crippen molar-refractivity contribution in [2.75, 3.05) is 0 Å². The zero-order valence-electron chi connectivity index (χ0n) is 13.7. The zero-order valence-corrected chi connectivity index (χ0v) is 13.7. The van der Waals surface area contributed by atoms with Crippen LogP contribution in [-0.4, -0.2) is 34.7 Å². The summed E-state index contributed by atoms with van der Waals surface area (Å²) < 4.78 is 5.48. The van der Waals surface area contributed by atoms with Gasteiger partial charge in [-0.05, 0) is 71.1 Å². The standard InChI is InChI=1S/C17H27NO4/c1-10(2)18-14(19)11(3)22-15(20)16-5-12-4-13(6-16)8-17(21,7-12)9-16/h10-13,21H,4-9H2,1-3H3,(H,18,19)/t11-,12+,13+,16?,17?/m0/s1. The Morgan fingerprint density at radius 1 is 1.14 bits per heavy atom. The lowest BCUT2D eigenvalue weighted by Gasteiger charge is -2.58. The number of rotatable bonds is 4. The predicted octanol–water partition coefficient (Wildman–Crippen LogP) is 1.77. The summed E-state index contributed by atoms with van der Waals surface area (Å²) in [7, 11) is 0. The number of nitrogens with one attached hydrogen (secondary N) is 1. The number of amides is 1. The summed E-state index contributed by atoms with van der Waals surface area (Å²) in [6.07, 6.45) is 4.11. The maximum Gasteiger partial charge on any atom is 0.312 e. The Balaban J connectivity index is 1.68. The molecule has 22 heavy (non-hydrogen) atoms. The Bertz CT molecular complexity index is 473. The van der Waals surface area contributed by atoms with E-state index >= 15 is 0 Å². The van der Waals surface area contributed by atoms with Gasteiger partial charge < -0.3 is 15.2 Å². The first-order valence-corrected chi connectivity index (χ1v) is 8.45. The molecule has 4 aliphatic carbocycles. The Morgan fingerprint density at radius 3 is 2.23 bits per heavy atom. The third kappa shape index (κ3) is 2.75. The lowest BCUT2D eigenvalue weighted by molar-refractivity contribution is -0.200. The third-order valence-corrected chi connectivity index (χ3v) is 5.55. The number of hydrogen-bond donors (Lipinski definition) is 2. The summed E-state index contributed by atoms with van der Waals surface area (Å²) in [6.45, 7) is 5.37. The summed E-state index contributed by atoms with van der Waals surface area (Å²) in [5, 5.41) is 13.5. The third-order valence-electron chi connectivity index (χ3n) is 5.55. The number of carbonyl (C=O) groups excluding carboxylic acids is 2. The topological polar surface area (TPSA) is 75.6 Å². The second kappa shape index (κ2) is 5.22. The van der Waals surface area contributed by atoms with Crippen LogP contribution in [0.2, 0.25) is 0 Å². The van der Waals surface area contributed by atoms with Gasteiger partial charge in [0.1, 0.15) is 0 Å². The van der Waals surface area contributed by atoms with Gasteiger partial charge in [0, 0.05) is 6.04 Å². The molecule has 0 heterocycles. The molecule has 4 rings (SSSR count). The molecule has 4 saturated carbocycles. The van der Waals surface area contributed by atoms with E-state index in [-0.39, 0.29) is 17.9 Å². The van der Waals surface area contributed by atoms with Gasteiger partial charge in [-0.1, -0.05) is 0 Å². The van der Waals surface area contributed by atoms with Crippen LogP contribution in [0.3, 0.4) is 0 Å². The Morgan fingerprint density at radius 2 is 1.73 bits per heavy atom. The molecule has 2 N–H and O–H groups in total. The minimum absolute atomic E-state index is 0.0221. The number of aliphatic hydroxyl groups is 1. The molecule has 0 aliphatic heterocycles. The molecule has 1 amide bonds. The normalized spacial score (nSPS) is 40.6. The maximum atomic E-state index is 12.7. The minimum Gasteiger partial charge on any atom is -0.452 e. The molecule has 3 atom stereocenters. The van der Waals surface area contributed by atoms with E-state index in [0.29, 0.717) is 18.3 Å². The number of carbonyl (C=O) groups is 2. The number of ether oxygens (including phenoxy) is 1. The molecule has 0 aromatic carbocycles. The molecule has 0 saturated heterocycles. The average molecular weight is 309 g/mol. The number of esters is 1. The highest BCUT2D eigenvalue weighted by Crippen LogP contribution is 2.62. The van der Waals surface area contributed by atoms with E-state index in [0.717, 1.165) is 32.1 Å². The van der Waals surface area contributed by atoms with Crippen molar-refractivity contribution in [3.63, 3.8) is 0 Å². The van der Waals surface area contributed by atoms with Gasteiger partial charge in [-0.3, -0.25) is 9.59 Å². The van der Waals surface area contributed by atoms with Crippen molar-refractivity contribution >= 4 is 11.9 Å². The molecule has 0 aromatic heterocycles. The van der Waals surface area contributed by atoms with E-state index in [1.165, 1.54) is 0 Å². The summed E-state index contributed by atoms with van der Waals surface area (Å²) >= 11 is 0. The summed E-state index contributed by atoms with van der Waals surface area (Å²) in [4.78, 5) is 24.7. The highest BCUT2D eigenvalue weighted by atomic mass is 16.5. The molecule has 0 radical (unpaired) electrons. The zero-order chi connectivity index (χ0) is 16.1. The van der Waals surface area contributed by atoms with Crippen molar-refractivity contribution in [3.8, 4) is 0 Å². The molecule has 5 nitrogen and oxygen atoms in total. The molecule has 4 bridgehead atoms. The van der Waals surface area contributed by atoms with Crippen LogP contribution in [0.5, 0.6) is 0 Å². The fraction of sp³-hybridized carbons (Fsp3) is 0.882. The average Bonchev–Trinajstić information content (AvgIpc) is 2.34. The highest BCUT2D eigenvalue weighted by Gasteiger charge is 2.61. The van der Waals surface area contributed by atoms with E-state index in [1.807, 2.05) is 13.8 Å². The number of hydrogen-bond acceptors (Lipinski definition) is 4. The summed E-state index contributed by atoms with van der Waals surface area (Å²) in [5.74, 6) is 0.315. The van der Waals surface area contributed by atoms with Crippen molar-refractivity contribution in [2.24, 2.45) is 17.3 Å².